The molecule has 1 rings (SSSR count). The molecule has 72 valence electrons. The molecule has 0 nitrogen and oxygen atoms in total. The summed E-state index contributed by atoms with van der Waals surface area (Å²) in [5.41, 5.74) is 1.49. The highest BCUT2D eigenvalue weighted by Gasteiger charge is 2.59. The quantitative estimate of drug-likeness (QED) is 0.511. The Kier molecular flexibility index (Phi) is 1.91. The zero-order chi connectivity index (χ0) is 9.78. The van der Waals surface area contributed by atoms with Gasteiger partial charge in [0, 0.05) is 0 Å². The van der Waals surface area contributed by atoms with Gasteiger partial charge < -0.3 is 0 Å². The Morgan fingerprint density at radius 3 is 1.58 bits per heavy atom. The van der Waals surface area contributed by atoms with E-state index in [1.807, 2.05) is 0 Å². The van der Waals surface area contributed by atoms with Crippen LogP contribution in [0.2, 0.25) is 0 Å². The Hall–Kier alpha value is 0. The van der Waals surface area contributed by atoms with Gasteiger partial charge in [0.2, 0.25) is 0 Å². The Morgan fingerprint density at radius 1 is 1.08 bits per heavy atom. The lowest BCUT2D eigenvalue weighted by atomic mass is 9.39. The summed E-state index contributed by atoms with van der Waals surface area (Å²) in [6.45, 7) is 16.8. The average Bonchev–Trinajstić information content (AvgIpc) is 1.85. The SMILES string of the molecule is CC1CC(C)(C(C)(C)C)C1(C)C. The largest absolute Gasteiger partial charge is 0.0620 e. The minimum atomic E-state index is 0.447. The summed E-state index contributed by atoms with van der Waals surface area (Å²) >= 11 is 0. The van der Waals surface area contributed by atoms with Gasteiger partial charge in [-0.1, -0.05) is 48.5 Å². The number of hydrogen-bond donors (Lipinski definition) is 0. The van der Waals surface area contributed by atoms with Crippen LogP contribution in [0.25, 0.3) is 0 Å². The van der Waals surface area contributed by atoms with E-state index in [4.69, 9.17) is 0 Å². The molecule has 0 bridgehead atoms. The van der Waals surface area contributed by atoms with Gasteiger partial charge in [0.25, 0.3) is 0 Å². The molecule has 0 heterocycles. The predicted molar refractivity (Wildman–Crippen MR) is 55.1 cm³/mol. The zero-order valence-corrected chi connectivity index (χ0v) is 9.78. The maximum atomic E-state index is 2.45. The highest BCUT2D eigenvalue weighted by Crippen LogP contribution is 2.67. The molecule has 0 aliphatic heterocycles. The fraction of sp³-hybridized carbons (Fsp3) is 1.00. The summed E-state index contributed by atoms with van der Waals surface area (Å²) < 4.78 is 0. The van der Waals surface area contributed by atoms with Crippen LogP contribution >= 0.6 is 0 Å². The van der Waals surface area contributed by atoms with Gasteiger partial charge in [-0.2, -0.15) is 0 Å². The second-order valence-corrected chi connectivity index (χ2v) is 6.41. The Bertz CT molecular complexity index is 183. The number of rotatable bonds is 0. The van der Waals surface area contributed by atoms with Crippen LogP contribution in [-0.2, 0) is 0 Å². The van der Waals surface area contributed by atoms with E-state index in [0.29, 0.717) is 16.2 Å². The van der Waals surface area contributed by atoms with Crippen LogP contribution in [0, 0.1) is 22.2 Å². The van der Waals surface area contributed by atoms with Crippen molar-refractivity contribution in [3.63, 3.8) is 0 Å². The first-order valence-corrected chi connectivity index (χ1v) is 5.13. The van der Waals surface area contributed by atoms with Gasteiger partial charge in [0.15, 0.2) is 0 Å². The van der Waals surface area contributed by atoms with Crippen molar-refractivity contribution < 1.29 is 0 Å². The lowest BCUT2D eigenvalue weighted by Crippen LogP contribution is -2.58. The van der Waals surface area contributed by atoms with Gasteiger partial charge in [0.1, 0.15) is 0 Å². The number of hydrogen-bond acceptors (Lipinski definition) is 0. The lowest BCUT2D eigenvalue weighted by molar-refractivity contribution is -0.167. The summed E-state index contributed by atoms with van der Waals surface area (Å²) in [5, 5.41) is 0. The van der Waals surface area contributed by atoms with Crippen molar-refractivity contribution >= 4 is 0 Å². The molecule has 0 spiro atoms. The highest BCUT2D eigenvalue weighted by molar-refractivity contribution is 5.08. The fourth-order valence-electron chi connectivity index (χ4n) is 2.82. The van der Waals surface area contributed by atoms with Gasteiger partial charge in [0.05, 0.1) is 0 Å². The summed E-state index contributed by atoms with van der Waals surface area (Å²) in [5.74, 6) is 0.890. The van der Waals surface area contributed by atoms with E-state index in [0.717, 1.165) is 5.92 Å². The highest BCUT2D eigenvalue weighted by atomic mass is 14.6. The third-order valence-electron chi connectivity index (χ3n) is 5.02. The molecular formula is C12H24. The minimum absolute atomic E-state index is 0.447. The summed E-state index contributed by atoms with van der Waals surface area (Å²) in [4.78, 5) is 0. The van der Waals surface area contributed by atoms with Gasteiger partial charge in [-0.25, -0.2) is 0 Å². The molecule has 0 heteroatoms. The standard InChI is InChI=1S/C12H24/c1-9-8-12(7,10(2,3)4)11(9,5)6/h9H,8H2,1-7H3. The van der Waals surface area contributed by atoms with Crippen molar-refractivity contribution in [1.29, 1.82) is 0 Å². The van der Waals surface area contributed by atoms with Crippen LogP contribution in [0.4, 0.5) is 0 Å². The lowest BCUT2D eigenvalue weighted by Gasteiger charge is -2.65. The molecule has 1 aliphatic rings. The van der Waals surface area contributed by atoms with Crippen LogP contribution in [0.5, 0.6) is 0 Å². The van der Waals surface area contributed by atoms with E-state index < -0.39 is 0 Å². The first-order valence-electron chi connectivity index (χ1n) is 5.13. The van der Waals surface area contributed by atoms with Crippen LogP contribution in [0.15, 0.2) is 0 Å². The maximum Gasteiger partial charge on any atom is -0.0221 e. The third-order valence-corrected chi connectivity index (χ3v) is 5.02. The molecule has 0 amide bonds. The summed E-state index contributed by atoms with van der Waals surface area (Å²) in [7, 11) is 0. The van der Waals surface area contributed by atoms with E-state index in [-0.39, 0.29) is 0 Å². The van der Waals surface area contributed by atoms with Crippen molar-refractivity contribution in [1.82, 2.24) is 0 Å². The van der Waals surface area contributed by atoms with E-state index in [9.17, 15) is 0 Å². The molecule has 0 aromatic carbocycles. The first kappa shape index (κ1) is 10.1. The Morgan fingerprint density at radius 2 is 1.50 bits per heavy atom. The van der Waals surface area contributed by atoms with E-state index in [1.165, 1.54) is 6.42 Å². The van der Waals surface area contributed by atoms with Crippen molar-refractivity contribution in [2.24, 2.45) is 22.2 Å². The molecule has 1 aliphatic carbocycles. The van der Waals surface area contributed by atoms with Crippen LogP contribution in [0.1, 0.15) is 54.9 Å². The monoisotopic (exact) mass is 168 g/mol. The average molecular weight is 168 g/mol. The Labute approximate surface area is 77.7 Å². The van der Waals surface area contributed by atoms with E-state index in [2.05, 4.69) is 48.5 Å². The van der Waals surface area contributed by atoms with Gasteiger partial charge in [-0.3, -0.25) is 0 Å². The van der Waals surface area contributed by atoms with Gasteiger partial charge >= 0.3 is 0 Å². The maximum absolute atomic E-state index is 2.45. The molecule has 1 saturated carbocycles. The van der Waals surface area contributed by atoms with Crippen LogP contribution in [0.3, 0.4) is 0 Å². The molecule has 12 heavy (non-hydrogen) atoms. The molecule has 2 unspecified atom stereocenters. The predicted octanol–water partition coefficient (Wildman–Crippen LogP) is 4.10. The zero-order valence-electron chi connectivity index (χ0n) is 9.78. The molecule has 0 radical (unpaired) electrons. The van der Waals surface area contributed by atoms with Crippen molar-refractivity contribution in [2.45, 2.75) is 54.9 Å². The summed E-state index contributed by atoms with van der Waals surface area (Å²) in [6, 6.07) is 0. The van der Waals surface area contributed by atoms with Crippen molar-refractivity contribution in [2.75, 3.05) is 0 Å². The summed E-state index contributed by atoms with van der Waals surface area (Å²) in [6.07, 6.45) is 1.39. The fourth-order valence-corrected chi connectivity index (χ4v) is 2.82. The van der Waals surface area contributed by atoms with Gasteiger partial charge in [-0.15, -0.1) is 0 Å². The van der Waals surface area contributed by atoms with E-state index in [1.54, 1.807) is 0 Å². The Balaban J connectivity index is 2.91. The second-order valence-electron chi connectivity index (χ2n) is 6.41. The van der Waals surface area contributed by atoms with Crippen molar-refractivity contribution in [3.05, 3.63) is 0 Å². The molecular weight excluding hydrogens is 144 g/mol. The molecule has 0 N–H and O–H groups in total. The molecule has 1 fully saturated rings. The van der Waals surface area contributed by atoms with E-state index >= 15 is 0 Å². The molecule has 0 saturated heterocycles. The molecule has 0 aromatic heterocycles. The van der Waals surface area contributed by atoms with Gasteiger partial charge in [-0.05, 0) is 28.6 Å². The minimum Gasteiger partial charge on any atom is -0.0620 e. The molecule has 0 aromatic rings. The second kappa shape index (κ2) is 2.27. The van der Waals surface area contributed by atoms with Crippen LogP contribution < -0.4 is 0 Å². The normalized spacial score (nSPS) is 40.8. The molecule has 2 atom stereocenters. The van der Waals surface area contributed by atoms with Crippen molar-refractivity contribution in [3.8, 4) is 0 Å². The third kappa shape index (κ3) is 0.963. The van der Waals surface area contributed by atoms with Crippen LogP contribution in [-0.4, -0.2) is 0 Å². The smallest absolute Gasteiger partial charge is 0.0221 e. The topological polar surface area (TPSA) is 0 Å². The first-order chi connectivity index (χ1) is 5.13.